The lowest BCUT2D eigenvalue weighted by atomic mass is 9.80. The number of nitro benzene ring substituents is 1. The van der Waals surface area contributed by atoms with Crippen molar-refractivity contribution in [2.24, 2.45) is 0 Å². The van der Waals surface area contributed by atoms with Gasteiger partial charge in [-0.1, -0.05) is 12.1 Å². The Bertz CT molecular complexity index is 366. The van der Waals surface area contributed by atoms with Crippen molar-refractivity contribution in [1.82, 2.24) is 0 Å². The molecule has 0 unspecified atom stereocenters. The fourth-order valence-corrected chi connectivity index (χ4v) is 1.11. The SMILES string of the molecule is O=[N+]([O-])c1cccc(B2OOCOO2)c1. The highest BCUT2D eigenvalue weighted by Gasteiger charge is 2.29. The van der Waals surface area contributed by atoms with Gasteiger partial charge in [-0.25, -0.2) is 9.78 Å². The quantitative estimate of drug-likeness (QED) is 0.300. The highest BCUT2D eigenvalue weighted by atomic mass is 17.3. The second-order valence-corrected chi connectivity index (χ2v) is 2.73. The molecule has 0 saturated carbocycles. The molecular formula is C7H6BNO6. The average Bonchev–Trinajstić information content (AvgIpc) is 2.30. The number of nitro groups is 1. The van der Waals surface area contributed by atoms with Crippen LogP contribution in [0, 0.1) is 10.1 Å². The largest absolute Gasteiger partial charge is 0.555 e. The van der Waals surface area contributed by atoms with E-state index in [1.165, 1.54) is 18.2 Å². The molecule has 78 valence electrons. The van der Waals surface area contributed by atoms with Crippen LogP contribution in [0.5, 0.6) is 0 Å². The van der Waals surface area contributed by atoms with Crippen molar-refractivity contribution >= 4 is 18.3 Å². The van der Waals surface area contributed by atoms with Crippen molar-refractivity contribution in [2.75, 3.05) is 6.79 Å². The third-order valence-corrected chi connectivity index (χ3v) is 1.76. The first kappa shape index (κ1) is 10.1. The summed E-state index contributed by atoms with van der Waals surface area (Å²) in [5.74, 6) is 0. The summed E-state index contributed by atoms with van der Waals surface area (Å²) in [6.45, 7) is -0.134. The van der Waals surface area contributed by atoms with Gasteiger partial charge in [0.25, 0.3) is 5.69 Å². The van der Waals surface area contributed by atoms with Gasteiger partial charge in [-0.05, 0) is 5.46 Å². The van der Waals surface area contributed by atoms with Crippen molar-refractivity contribution in [3.63, 3.8) is 0 Å². The van der Waals surface area contributed by atoms with Gasteiger partial charge in [0.05, 0.1) is 4.92 Å². The summed E-state index contributed by atoms with van der Waals surface area (Å²) in [4.78, 5) is 28.5. The standard InChI is InChI=1S/C7H6BNO6/c10-9(11)7-3-1-2-6(4-7)8-14-12-5-13-15-8/h1-4H,5H2. The van der Waals surface area contributed by atoms with Crippen LogP contribution in [0.15, 0.2) is 24.3 Å². The minimum absolute atomic E-state index is 0.0507. The molecule has 1 aromatic rings. The molecule has 1 heterocycles. The molecule has 1 aromatic carbocycles. The molecule has 0 radical (unpaired) electrons. The van der Waals surface area contributed by atoms with Crippen LogP contribution in [0.25, 0.3) is 0 Å². The monoisotopic (exact) mass is 211 g/mol. The molecule has 0 aromatic heterocycles. The molecule has 1 fully saturated rings. The second-order valence-electron chi connectivity index (χ2n) is 2.73. The molecular weight excluding hydrogens is 205 g/mol. The predicted molar refractivity (Wildman–Crippen MR) is 47.7 cm³/mol. The Morgan fingerprint density at radius 3 is 2.73 bits per heavy atom. The number of non-ortho nitro benzene ring substituents is 1. The Labute approximate surface area is 84.6 Å². The van der Waals surface area contributed by atoms with E-state index >= 15 is 0 Å². The predicted octanol–water partition coefficient (Wildman–Crippen LogP) is 0.157. The molecule has 0 atom stereocenters. The van der Waals surface area contributed by atoms with E-state index in [0.29, 0.717) is 5.46 Å². The van der Waals surface area contributed by atoms with E-state index in [0.717, 1.165) is 0 Å². The molecule has 7 nitrogen and oxygen atoms in total. The minimum atomic E-state index is -0.904. The van der Waals surface area contributed by atoms with Crippen LogP contribution in [-0.2, 0) is 19.4 Å². The van der Waals surface area contributed by atoms with Crippen molar-refractivity contribution in [1.29, 1.82) is 0 Å². The maximum atomic E-state index is 10.5. The molecule has 0 aliphatic carbocycles. The minimum Gasteiger partial charge on any atom is -0.258 e. The van der Waals surface area contributed by atoms with Gasteiger partial charge in [0.15, 0.2) is 0 Å². The number of nitrogens with zero attached hydrogens (tertiary/aromatic N) is 1. The zero-order valence-electron chi connectivity index (χ0n) is 7.49. The molecule has 0 spiro atoms. The van der Waals surface area contributed by atoms with Gasteiger partial charge in [-0.2, -0.15) is 0 Å². The normalized spacial score (nSPS) is 16.4. The van der Waals surface area contributed by atoms with E-state index in [1.54, 1.807) is 6.07 Å². The Hall–Kier alpha value is -1.48. The van der Waals surface area contributed by atoms with E-state index in [-0.39, 0.29) is 12.5 Å². The van der Waals surface area contributed by atoms with Crippen LogP contribution >= 0.6 is 0 Å². The number of hydrogen-bond acceptors (Lipinski definition) is 6. The van der Waals surface area contributed by atoms with Crippen LogP contribution in [0.2, 0.25) is 0 Å². The van der Waals surface area contributed by atoms with Crippen molar-refractivity contribution < 1.29 is 24.3 Å². The molecule has 15 heavy (non-hydrogen) atoms. The third kappa shape index (κ3) is 2.31. The fourth-order valence-electron chi connectivity index (χ4n) is 1.11. The van der Waals surface area contributed by atoms with Gasteiger partial charge in [-0.3, -0.25) is 19.7 Å². The first-order valence-corrected chi connectivity index (χ1v) is 4.08. The number of rotatable bonds is 2. The summed E-state index contributed by atoms with van der Waals surface area (Å²) in [7, 11) is -0.904. The highest BCUT2D eigenvalue weighted by Crippen LogP contribution is 2.09. The lowest BCUT2D eigenvalue weighted by molar-refractivity contribution is -0.410. The summed E-state index contributed by atoms with van der Waals surface area (Å²) in [6, 6.07) is 5.82. The average molecular weight is 211 g/mol. The molecule has 1 saturated heterocycles. The van der Waals surface area contributed by atoms with Gasteiger partial charge >= 0.3 is 7.12 Å². The second kappa shape index (κ2) is 4.36. The molecule has 1 aliphatic rings. The Balaban J connectivity index is 2.19. The van der Waals surface area contributed by atoms with Crippen LogP contribution in [0.1, 0.15) is 0 Å². The molecule has 0 N–H and O–H groups in total. The molecule has 0 bridgehead atoms. The topological polar surface area (TPSA) is 80.1 Å². The lowest BCUT2D eigenvalue weighted by Crippen LogP contribution is -2.40. The van der Waals surface area contributed by atoms with Gasteiger partial charge in [0.1, 0.15) is 0 Å². The smallest absolute Gasteiger partial charge is 0.258 e. The third-order valence-electron chi connectivity index (χ3n) is 1.76. The van der Waals surface area contributed by atoms with Crippen LogP contribution in [-0.4, -0.2) is 18.8 Å². The summed E-state index contributed by atoms with van der Waals surface area (Å²) in [5, 5.41) is 10.5. The molecule has 0 amide bonds. The van der Waals surface area contributed by atoms with Crippen LogP contribution in [0.4, 0.5) is 5.69 Å². The van der Waals surface area contributed by atoms with Crippen LogP contribution < -0.4 is 5.46 Å². The van der Waals surface area contributed by atoms with E-state index in [4.69, 9.17) is 9.61 Å². The number of hydrogen-bond donors (Lipinski definition) is 0. The highest BCUT2D eigenvalue weighted by molar-refractivity contribution is 6.60. The van der Waals surface area contributed by atoms with E-state index in [2.05, 4.69) is 9.78 Å². The van der Waals surface area contributed by atoms with Gasteiger partial charge in [-0.15, -0.1) is 0 Å². The summed E-state index contributed by atoms with van der Waals surface area (Å²) >= 11 is 0. The Morgan fingerprint density at radius 2 is 2.07 bits per heavy atom. The molecule has 8 heteroatoms. The zero-order valence-corrected chi connectivity index (χ0v) is 7.49. The maximum Gasteiger partial charge on any atom is 0.555 e. The molecule has 2 rings (SSSR count). The van der Waals surface area contributed by atoms with E-state index in [9.17, 15) is 10.1 Å². The number of benzene rings is 1. The van der Waals surface area contributed by atoms with Crippen molar-refractivity contribution in [3.8, 4) is 0 Å². The summed E-state index contributed by atoms with van der Waals surface area (Å²) in [5.41, 5.74) is 0.397. The Morgan fingerprint density at radius 1 is 1.33 bits per heavy atom. The Kier molecular flexibility index (Phi) is 2.93. The van der Waals surface area contributed by atoms with Gasteiger partial charge < -0.3 is 0 Å². The summed E-state index contributed by atoms with van der Waals surface area (Å²) in [6.07, 6.45) is 0. The first-order valence-electron chi connectivity index (χ1n) is 4.08. The van der Waals surface area contributed by atoms with Crippen LogP contribution in [0.3, 0.4) is 0 Å². The van der Waals surface area contributed by atoms with E-state index < -0.39 is 12.0 Å². The fraction of sp³-hybridized carbons (Fsp3) is 0.143. The maximum absolute atomic E-state index is 10.5. The van der Waals surface area contributed by atoms with Crippen molar-refractivity contribution in [2.45, 2.75) is 0 Å². The zero-order chi connectivity index (χ0) is 10.7. The van der Waals surface area contributed by atoms with Gasteiger partial charge in [0, 0.05) is 12.1 Å². The molecule has 1 aliphatic heterocycles. The summed E-state index contributed by atoms with van der Waals surface area (Å²) < 4.78 is 0. The van der Waals surface area contributed by atoms with E-state index in [1.807, 2.05) is 0 Å². The lowest BCUT2D eigenvalue weighted by Gasteiger charge is -2.17. The van der Waals surface area contributed by atoms with Gasteiger partial charge in [0.2, 0.25) is 6.79 Å². The first-order chi connectivity index (χ1) is 7.27. The van der Waals surface area contributed by atoms with Crippen molar-refractivity contribution in [3.05, 3.63) is 34.4 Å².